The first-order valence-corrected chi connectivity index (χ1v) is 11.3. The first-order chi connectivity index (χ1) is 17.2. The lowest BCUT2D eigenvalue weighted by molar-refractivity contribution is -0.121. The summed E-state index contributed by atoms with van der Waals surface area (Å²) in [6, 6.07) is 10.7. The van der Waals surface area contributed by atoms with Crippen LogP contribution in [0.5, 0.6) is 11.5 Å². The fraction of sp³-hybridized carbons (Fsp3) is 0.269. The van der Waals surface area contributed by atoms with E-state index in [1.54, 1.807) is 12.1 Å². The molecule has 0 aliphatic carbocycles. The lowest BCUT2D eigenvalue weighted by Crippen LogP contribution is -2.38. The Morgan fingerprint density at radius 1 is 1.11 bits per heavy atom. The minimum Gasteiger partial charge on any atom is -0.485 e. The summed E-state index contributed by atoms with van der Waals surface area (Å²) in [6.45, 7) is 3.24. The molecule has 0 saturated carbocycles. The number of furan rings is 1. The third-order valence-corrected chi connectivity index (χ3v) is 5.67. The van der Waals surface area contributed by atoms with Gasteiger partial charge in [0, 0.05) is 17.7 Å². The zero-order valence-corrected chi connectivity index (χ0v) is 19.7. The van der Waals surface area contributed by atoms with Crippen molar-refractivity contribution in [1.82, 2.24) is 5.32 Å². The molecule has 4 rings (SSSR count). The van der Waals surface area contributed by atoms with Gasteiger partial charge in [-0.05, 0) is 55.8 Å². The van der Waals surface area contributed by atoms with Gasteiger partial charge < -0.3 is 19.2 Å². The van der Waals surface area contributed by atoms with Crippen molar-refractivity contribution >= 4 is 23.3 Å². The van der Waals surface area contributed by atoms with E-state index in [0.717, 1.165) is 18.6 Å². The molecule has 188 valence electrons. The molecule has 10 heteroatoms. The monoisotopic (exact) mass is 498 g/mol. The summed E-state index contributed by atoms with van der Waals surface area (Å²) in [7, 11) is 0. The van der Waals surface area contributed by atoms with E-state index in [1.165, 1.54) is 29.2 Å². The van der Waals surface area contributed by atoms with Gasteiger partial charge in [-0.3, -0.25) is 19.3 Å². The molecule has 0 bridgehead atoms. The fourth-order valence-electron chi connectivity index (χ4n) is 3.49. The van der Waals surface area contributed by atoms with Gasteiger partial charge in [-0.1, -0.05) is 6.92 Å². The maximum Gasteiger partial charge on any atom is 0.287 e. The Labute approximate surface area is 205 Å². The topological polar surface area (TPSA) is 98.1 Å². The number of hydrogen-bond acceptors (Lipinski definition) is 6. The maximum absolute atomic E-state index is 13.4. The highest BCUT2D eigenvalue weighted by atomic mass is 19.2. The van der Waals surface area contributed by atoms with E-state index in [9.17, 15) is 23.2 Å². The molecule has 3 aromatic rings. The number of Topliss-reactive ketones (excluding diaryl/α,β-unsaturated/α-hetero) is 1. The largest absolute Gasteiger partial charge is 0.485 e. The van der Waals surface area contributed by atoms with E-state index in [2.05, 4.69) is 5.32 Å². The van der Waals surface area contributed by atoms with Crippen molar-refractivity contribution in [3.8, 4) is 11.5 Å². The Bertz CT molecular complexity index is 1310. The number of amides is 2. The van der Waals surface area contributed by atoms with Gasteiger partial charge in [0.2, 0.25) is 0 Å². The van der Waals surface area contributed by atoms with Gasteiger partial charge in [-0.25, -0.2) is 8.78 Å². The second-order valence-corrected chi connectivity index (χ2v) is 8.29. The van der Waals surface area contributed by atoms with Crippen LogP contribution in [0, 0.1) is 11.6 Å². The minimum absolute atomic E-state index is 0.00587. The summed E-state index contributed by atoms with van der Waals surface area (Å²) in [5.41, 5.74) is 0.583. The quantitative estimate of drug-likeness (QED) is 0.443. The van der Waals surface area contributed by atoms with Gasteiger partial charge in [0.25, 0.3) is 11.8 Å². The molecule has 36 heavy (non-hydrogen) atoms. The van der Waals surface area contributed by atoms with Gasteiger partial charge in [0.05, 0.1) is 12.2 Å². The van der Waals surface area contributed by atoms with Crippen molar-refractivity contribution in [3.63, 3.8) is 0 Å². The average molecular weight is 498 g/mol. The smallest absolute Gasteiger partial charge is 0.287 e. The zero-order chi connectivity index (χ0) is 25.8. The van der Waals surface area contributed by atoms with Crippen molar-refractivity contribution in [2.24, 2.45) is 0 Å². The maximum atomic E-state index is 13.4. The van der Waals surface area contributed by atoms with E-state index in [0.29, 0.717) is 17.2 Å². The van der Waals surface area contributed by atoms with E-state index in [4.69, 9.17) is 13.9 Å². The van der Waals surface area contributed by atoms with Crippen LogP contribution in [0.25, 0.3) is 0 Å². The summed E-state index contributed by atoms with van der Waals surface area (Å²) in [5.74, 6) is -2.34. The van der Waals surface area contributed by atoms with Gasteiger partial charge in [-0.15, -0.1) is 0 Å². The minimum atomic E-state index is -1.08. The van der Waals surface area contributed by atoms with Crippen LogP contribution in [0.4, 0.5) is 14.5 Å². The molecular weight excluding hydrogens is 474 g/mol. The number of halogens is 2. The summed E-state index contributed by atoms with van der Waals surface area (Å²) >= 11 is 0. The van der Waals surface area contributed by atoms with Crippen molar-refractivity contribution in [3.05, 3.63) is 77.2 Å². The third kappa shape index (κ3) is 5.54. The van der Waals surface area contributed by atoms with Gasteiger partial charge in [0.1, 0.15) is 17.3 Å². The lowest BCUT2D eigenvalue weighted by Gasteiger charge is -2.29. The fourth-order valence-corrected chi connectivity index (χ4v) is 3.49. The normalized spacial score (nSPS) is 13.6. The number of nitrogens with one attached hydrogen (secondary N) is 1. The van der Waals surface area contributed by atoms with Gasteiger partial charge in [-0.2, -0.15) is 0 Å². The van der Waals surface area contributed by atoms with Crippen molar-refractivity contribution in [1.29, 1.82) is 0 Å². The molecule has 1 atom stereocenters. The van der Waals surface area contributed by atoms with Crippen LogP contribution in [-0.2, 0) is 11.3 Å². The van der Waals surface area contributed by atoms with Crippen molar-refractivity contribution < 1.29 is 37.1 Å². The van der Waals surface area contributed by atoms with Crippen molar-refractivity contribution in [2.75, 3.05) is 18.1 Å². The van der Waals surface area contributed by atoms with Crippen molar-refractivity contribution in [2.45, 2.75) is 32.9 Å². The molecule has 2 amide bonds. The summed E-state index contributed by atoms with van der Waals surface area (Å²) in [6.07, 6.45) is 0.769. The van der Waals surface area contributed by atoms with Gasteiger partial charge >= 0.3 is 0 Å². The highest BCUT2D eigenvalue weighted by Gasteiger charge is 2.28. The number of carbonyl (C=O) groups excluding carboxylic acids is 3. The number of nitrogens with zero attached hydrogens (tertiary/aromatic N) is 1. The molecule has 0 fully saturated rings. The Hall–Kier alpha value is -4.21. The third-order valence-electron chi connectivity index (χ3n) is 5.67. The van der Waals surface area contributed by atoms with E-state index >= 15 is 0 Å². The van der Waals surface area contributed by atoms with Crippen LogP contribution in [-0.4, -0.2) is 36.9 Å². The number of fused-ring (bicyclic) bond motifs is 1. The number of ether oxygens (including phenoxy) is 2. The van der Waals surface area contributed by atoms with Crippen LogP contribution in [0.1, 0.15) is 46.9 Å². The van der Waals surface area contributed by atoms with Crippen LogP contribution in [0.2, 0.25) is 0 Å². The Morgan fingerprint density at radius 2 is 1.92 bits per heavy atom. The number of rotatable bonds is 9. The highest BCUT2D eigenvalue weighted by molar-refractivity contribution is 6.02. The molecule has 1 N–H and O–H groups in total. The van der Waals surface area contributed by atoms with Crippen LogP contribution in [0.15, 0.2) is 52.9 Å². The number of benzene rings is 2. The molecule has 0 saturated heterocycles. The van der Waals surface area contributed by atoms with E-state index in [-0.39, 0.29) is 48.1 Å². The standard InChI is InChI=1S/C26H24F2N2O6/c1-3-15(2)29-26(33)24-9-6-18(36-24)12-30-21-10-16(4-8-23(21)35-14-25(30)32)22(31)13-34-17-5-7-19(27)20(28)11-17/h4-11,15H,3,12-14H2,1-2H3,(H,29,33)/t15-/m0/s1. The molecule has 0 radical (unpaired) electrons. The average Bonchev–Trinajstić information content (AvgIpc) is 3.34. The van der Waals surface area contributed by atoms with Crippen LogP contribution >= 0.6 is 0 Å². The van der Waals surface area contributed by atoms with E-state index < -0.39 is 24.0 Å². The van der Waals surface area contributed by atoms with Crippen LogP contribution < -0.4 is 19.7 Å². The molecule has 2 aromatic carbocycles. The first kappa shape index (κ1) is 24.9. The summed E-state index contributed by atoms with van der Waals surface area (Å²) in [4.78, 5) is 39.0. The summed E-state index contributed by atoms with van der Waals surface area (Å²) in [5, 5.41) is 2.81. The molecule has 1 aliphatic rings. The molecular formula is C26H24F2N2O6. The second-order valence-electron chi connectivity index (χ2n) is 8.29. The molecule has 8 nitrogen and oxygen atoms in total. The molecule has 1 aliphatic heterocycles. The predicted molar refractivity (Wildman–Crippen MR) is 125 cm³/mol. The Balaban J connectivity index is 1.49. The lowest BCUT2D eigenvalue weighted by atomic mass is 10.1. The van der Waals surface area contributed by atoms with Crippen LogP contribution in [0.3, 0.4) is 0 Å². The highest BCUT2D eigenvalue weighted by Crippen LogP contribution is 2.34. The van der Waals surface area contributed by atoms with Gasteiger partial charge in [0.15, 0.2) is 36.4 Å². The molecule has 0 spiro atoms. The Kier molecular flexibility index (Phi) is 7.33. The molecule has 2 heterocycles. The number of hydrogen-bond donors (Lipinski definition) is 1. The number of ketones is 1. The number of anilines is 1. The molecule has 1 aromatic heterocycles. The summed E-state index contributed by atoms with van der Waals surface area (Å²) < 4.78 is 42.9. The Morgan fingerprint density at radius 3 is 2.67 bits per heavy atom. The first-order valence-electron chi connectivity index (χ1n) is 11.3. The second kappa shape index (κ2) is 10.6. The number of carbonyl (C=O) groups is 3. The zero-order valence-electron chi connectivity index (χ0n) is 19.7. The molecule has 0 unspecified atom stereocenters. The SMILES string of the molecule is CC[C@H](C)NC(=O)c1ccc(CN2C(=O)COc3ccc(C(=O)COc4ccc(F)c(F)c4)cc32)o1. The predicted octanol–water partition coefficient (Wildman–Crippen LogP) is 4.27. The van der Waals surface area contributed by atoms with E-state index in [1.807, 2.05) is 13.8 Å².